The topological polar surface area (TPSA) is 20.3 Å². The Morgan fingerprint density at radius 3 is 2.48 bits per heavy atom. The SMILES string of the molecule is Cc1ccc(CN2C(=O)CS[C@@H]2c2ccc(F)cc2)cc1. The number of carbonyl (C=O) groups is 1. The van der Waals surface area contributed by atoms with Crippen molar-refractivity contribution in [3.8, 4) is 0 Å². The van der Waals surface area contributed by atoms with E-state index in [1.165, 1.54) is 17.7 Å². The number of benzene rings is 2. The summed E-state index contributed by atoms with van der Waals surface area (Å²) in [6.45, 7) is 2.64. The molecule has 108 valence electrons. The lowest BCUT2D eigenvalue weighted by atomic mass is 10.1. The van der Waals surface area contributed by atoms with Gasteiger partial charge in [0.2, 0.25) is 5.91 Å². The Kier molecular flexibility index (Phi) is 3.97. The number of nitrogens with zero attached hydrogens (tertiary/aromatic N) is 1. The molecule has 21 heavy (non-hydrogen) atoms. The molecule has 1 fully saturated rings. The lowest BCUT2D eigenvalue weighted by Crippen LogP contribution is -2.27. The number of halogens is 1. The number of amides is 1. The molecule has 1 amide bonds. The average Bonchev–Trinajstić information content (AvgIpc) is 2.84. The lowest BCUT2D eigenvalue weighted by Gasteiger charge is -2.24. The first kappa shape index (κ1) is 14.1. The fourth-order valence-electron chi connectivity index (χ4n) is 2.42. The van der Waals surface area contributed by atoms with Crippen LogP contribution in [-0.2, 0) is 11.3 Å². The molecular weight excluding hydrogens is 285 g/mol. The first-order valence-electron chi connectivity index (χ1n) is 6.85. The Hall–Kier alpha value is -1.81. The van der Waals surface area contributed by atoms with Crippen LogP contribution in [-0.4, -0.2) is 16.6 Å². The number of hydrogen-bond donors (Lipinski definition) is 0. The second-order valence-electron chi connectivity index (χ2n) is 5.22. The van der Waals surface area contributed by atoms with Crippen LogP contribution in [0, 0.1) is 12.7 Å². The smallest absolute Gasteiger partial charge is 0.234 e. The first-order valence-corrected chi connectivity index (χ1v) is 7.90. The highest BCUT2D eigenvalue weighted by molar-refractivity contribution is 8.00. The van der Waals surface area contributed by atoms with Crippen molar-refractivity contribution in [2.24, 2.45) is 0 Å². The summed E-state index contributed by atoms with van der Waals surface area (Å²) in [5.74, 6) is 0.363. The van der Waals surface area contributed by atoms with Gasteiger partial charge < -0.3 is 4.90 Å². The predicted molar refractivity (Wildman–Crippen MR) is 83.3 cm³/mol. The van der Waals surface area contributed by atoms with Crippen molar-refractivity contribution in [3.05, 3.63) is 71.0 Å². The molecule has 2 aromatic carbocycles. The number of aryl methyl sites for hydroxylation is 1. The van der Waals surface area contributed by atoms with Crippen LogP contribution in [0.25, 0.3) is 0 Å². The fraction of sp³-hybridized carbons (Fsp3) is 0.235. The summed E-state index contributed by atoms with van der Waals surface area (Å²) in [4.78, 5) is 14.0. The van der Waals surface area contributed by atoms with Gasteiger partial charge in [0, 0.05) is 6.54 Å². The molecule has 0 bridgehead atoms. The van der Waals surface area contributed by atoms with E-state index in [1.807, 2.05) is 24.0 Å². The molecule has 1 atom stereocenters. The van der Waals surface area contributed by atoms with Crippen LogP contribution >= 0.6 is 11.8 Å². The lowest BCUT2D eigenvalue weighted by molar-refractivity contribution is -0.128. The Morgan fingerprint density at radius 2 is 1.81 bits per heavy atom. The average molecular weight is 301 g/mol. The van der Waals surface area contributed by atoms with E-state index in [0.717, 1.165) is 11.1 Å². The van der Waals surface area contributed by atoms with Gasteiger partial charge in [-0.15, -0.1) is 11.8 Å². The Balaban J connectivity index is 1.82. The van der Waals surface area contributed by atoms with Gasteiger partial charge >= 0.3 is 0 Å². The van der Waals surface area contributed by atoms with Crippen LogP contribution in [0.4, 0.5) is 4.39 Å². The highest BCUT2D eigenvalue weighted by atomic mass is 32.2. The summed E-state index contributed by atoms with van der Waals surface area (Å²) in [7, 11) is 0. The first-order chi connectivity index (χ1) is 10.1. The highest BCUT2D eigenvalue weighted by Gasteiger charge is 2.32. The van der Waals surface area contributed by atoms with Crippen LogP contribution in [0.15, 0.2) is 48.5 Å². The van der Waals surface area contributed by atoms with Gasteiger partial charge in [0.05, 0.1) is 5.75 Å². The highest BCUT2D eigenvalue weighted by Crippen LogP contribution is 2.39. The van der Waals surface area contributed by atoms with E-state index in [9.17, 15) is 9.18 Å². The summed E-state index contributed by atoms with van der Waals surface area (Å²) < 4.78 is 13.0. The van der Waals surface area contributed by atoms with E-state index < -0.39 is 0 Å². The second kappa shape index (κ2) is 5.90. The zero-order valence-electron chi connectivity index (χ0n) is 11.8. The van der Waals surface area contributed by atoms with Crippen LogP contribution in [0.2, 0.25) is 0 Å². The molecule has 0 N–H and O–H groups in total. The molecule has 1 aliphatic heterocycles. The molecule has 2 aromatic rings. The van der Waals surface area contributed by atoms with Gasteiger partial charge in [0.1, 0.15) is 11.2 Å². The third-order valence-corrected chi connectivity index (χ3v) is 4.85. The molecule has 1 heterocycles. The van der Waals surface area contributed by atoms with Crippen LogP contribution in [0.3, 0.4) is 0 Å². The van der Waals surface area contributed by atoms with Crippen molar-refractivity contribution >= 4 is 17.7 Å². The minimum Gasteiger partial charge on any atom is -0.322 e. The van der Waals surface area contributed by atoms with Gasteiger partial charge in [-0.05, 0) is 30.2 Å². The Labute approximate surface area is 128 Å². The monoisotopic (exact) mass is 301 g/mol. The molecule has 0 saturated carbocycles. The van der Waals surface area contributed by atoms with Crippen molar-refractivity contribution in [3.63, 3.8) is 0 Å². The zero-order chi connectivity index (χ0) is 14.8. The van der Waals surface area contributed by atoms with E-state index in [-0.39, 0.29) is 17.1 Å². The summed E-state index contributed by atoms with van der Waals surface area (Å²) >= 11 is 1.59. The van der Waals surface area contributed by atoms with Crippen molar-refractivity contribution in [1.29, 1.82) is 0 Å². The number of rotatable bonds is 3. The van der Waals surface area contributed by atoms with Gasteiger partial charge in [-0.25, -0.2) is 4.39 Å². The van der Waals surface area contributed by atoms with Crippen molar-refractivity contribution < 1.29 is 9.18 Å². The van der Waals surface area contributed by atoms with Gasteiger partial charge in [-0.1, -0.05) is 42.0 Å². The van der Waals surface area contributed by atoms with Crippen molar-refractivity contribution in [2.75, 3.05) is 5.75 Å². The molecular formula is C17H16FNOS. The molecule has 2 nitrogen and oxygen atoms in total. The summed E-state index contributed by atoms with van der Waals surface area (Å²) in [6.07, 6.45) is 0. The second-order valence-corrected chi connectivity index (χ2v) is 6.29. The van der Waals surface area contributed by atoms with E-state index in [0.29, 0.717) is 12.3 Å². The van der Waals surface area contributed by atoms with Crippen LogP contribution in [0.1, 0.15) is 22.1 Å². The van der Waals surface area contributed by atoms with Crippen LogP contribution in [0.5, 0.6) is 0 Å². The number of carbonyl (C=O) groups excluding carboxylic acids is 1. The van der Waals surface area contributed by atoms with E-state index in [4.69, 9.17) is 0 Å². The standard InChI is InChI=1S/C17H16FNOS/c1-12-2-4-13(5-3-12)10-19-16(20)11-21-17(19)14-6-8-15(18)9-7-14/h2-9,17H,10-11H2,1H3/t17-/m1/s1. The van der Waals surface area contributed by atoms with Gasteiger partial charge in [0.25, 0.3) is 0 Å². The molecule has 1 aliphatic rings. The maximum absolute atomic E-state index is 13.0. The molecule has 0 aromatic heterocycles. The molecule has 0 radical (unpaired) electrons. The summed E-state index contributed by atoms with van der Waals surface area (Å²) in [5, 5.41) is -0.0283. The third-order valence-electron chi connectivity index (χ3n) is 3.60. The number of thioether (sulfide) groups is 1. The largest absolute Gasteiger partial charge is 0.322 e. The van der Waals surface area contributed by atoms with Crippen molar-refractivity contribution in [2.45, 2.75) is 18.8 Å². The fourth-order valence-corrected chi connectivity index (χ4v) is 3.61. The Morgan fingerprint density at radius 1 is 1.14 bits per heavy atom. The third kappa shape index (κ3) is 3.10. The predicted octanol–water partition coefficient (Wildman–Crippen LogP) is 3.91. The Bertz CT molecular complexity index is 639. The van der Waals surface area contributed by atoms with E-state index in [2.05, 4.69) is 12.1 Å². The van der Waals surface area contributed by atoms with Crippen molar-refractivity contribution in [1.82, 2.24) is 4.90 Å². The maximum atomic E-state index is 13.0. The minimum absolute atomic E-state index is 0.0283. The summed E-state index contributed by atoms with van der Waals surface area (Å²) in [6, 6.07) is 14.6. The molecule has 0 spiro atoms. The maximum Gasteiger partial charge on any atom is 0.234 e. The zero-order valence-corrected chi connectivity index (χ0v) is 12.6. The molecule has 3 rings (SSSR count). The quantitative estimate of drug-likeness (QED) is 0.856. The van der Waals surface area contributed by atoms with E-state index in [1.54, 1.807) is 23.9 Å². The van der Waals surface area contributed by atoms with E-state index >= 15 is 0 Å². The van der Waals surface area contributed by atoms with Gasteiger partial charge in [-0.2, -0.15) is 0 Å². The molecule has 0 unspecified atom stereocenters. The normalized spacial score (nSPS) is 18.3. The molecule has 0 aliphatic carbocycles. The number of hydrogen-bond acceptors (Lipinski definition) is 2. The van der Waals surface area contributed by atoms with Gasteiger partial charge in [0.15, 0.2) is 0 Å². The summed E-state index contributed by atoms with van der Waals surface area (Å²) in [5.41, 5.74) is 3.29. The molecule has 4 heteroatoms. The van der Waals surface area contributed by atoms with Gasteiger partial charge in [-0.3, -0.25) is 4.79 Å². The van der Waals surface area contributed by atoms with Crippen LogP contribution < -0.4 is 0 Å². The minimum atomic E-state index is -0.252. The molecule has 1 saturated heterocycles.